The number of rotatable bonds is 1. The van der Waals surface area contributed by atoms with Gasteiger partial charge >= 0.3 is 5.69 Å². The Morgan fingerprint density at radius 1 is 1.31 bits per heavy atom. The molecular formula is C11H8Cl2N2O. The molecule has 0 amide bonds. The molecule has 0 spiro atoms. The van der Waals surface area contributed by atoms with Crippen molar-refractivity contribution in [1.82, 2.24) is 9.97 Å². The van der Waals surface area contributed by atoms with Crippen LogP contribution in [0.5, 0.6) is 0 Å². The van der Waals surface area contributed by atoms with E-state index in [4.69, 9.17) is 23.2 Å². The number of hydrogen-bond acceptors (Lipinski definition) is 2. The maximum absolute atomic E-state index is 11.2. The second-order valence-corrected chi connectivity index (χ2v) is 4.21. The standard InChI is InChI=1S/C11H8Cl2N2O/c1-6-5-14-11(16)15-10(6)8-3-2-7(12)4-9(8)13/h2-5H,1H3,(H,14,15,16). The van der Waals surface area contributed by atoms with Gasteiger partial charge in [0.05, 0.1) is 10.7 Å². The lowest BCUT2D eigenvalue weighted by Gasteiger charge is -2.07. The van der Waals surface area contributed by atoms with Crippen LogP contribution in [-0.2, 0) is 0 Å². The first kappa shape index (κ1) is 11.2. The summed E-state index contributed by atoms with van der Waals surface area (Å²) in [4.78, 5) is 17.4. The molecule has 2 aromatic rings. The second kappa shape index (κ2) is 4.28. The van der Waals surface area contributed by atoms with Gasteiger partial charge in [0, 0.05) is 16.8 Å². The third-order valence-corrected chi connectivity index (χ3v) is 2.75. The minimum atomic E-state index is -0.397. The van der Waals surface area contributed by atoms with Crippen molar-refractivity contribution in [3.63, 3.8) is 0 Å². The molecular weight excluding hydrogens is 247 g/mol. The molecule has 1 N–H and O–H groups in total. The molecule has 0 fully saturated rings. The number of nitrogens with zero attached hydrogens (tertiary/aromatic N) is 1. The van der Waals surface area contributed by atoms with E-state index in [-0.39, 0.29) is 0 Å². The van der Waals surface area contributed by atoms with E-state index in [0.717, 1.165) is 11.1 Å². The van der Waals surface area contributed by atoms with Crippen LogP contribution < -0.4 is 5.69 Å². The predicted octanol–water partition coefficient (Wildman–Crippen LogP) is 3.05. The Labute approximate surface area is 102 Å². The van der Waals surface area contributed by atoms with Crippen LogP contribution in [0.3, 0.4) is 0 Å². The summed E-state index contributed by atoms with van der Waals surface area (Å²) in [5.41, 5.74) is 1.86. The van der Waals surface area contributed by atoms with Gasteiger partial charge in [-0.05, 0) is 30.7 Å². The molecule has 2 rings (SSSR count). The molecule has 0 atom stereocenters. The molecule has 0 unspecified atom stereocenters. The molecule has 1 aromatic heterocycles. The first-order chi connectivity index (χ1) is 7.58. The number of aromatic nitrogens is 2. The van der Waals surface area contributed by atoms with Crippen molar-refractivity contribution in [3.8, 4) is 11.3 Å². The molecule has 0 aliphatic heterocycles. The van der Waals surface area contributed by atoms with E-state index in [2.05, 4.69) is 9.97 Å². The minimum absolute atomic E-state index is 0.397. The van der Waals surface area contributed by atoms with Crippen LogP contribution >= 0.6 is 23.2 Å². The van der Waals surface area contributed by atoms with Crippen molar-refractivity contribution in [2.75, 3.05) is 0 Å². The van der Waals surface area contributed by atoms with E-state index in [1.54, 1.807) is 18.2 Å². The number of nitrogens with one attached hydrogen (secondary N) is 1. The zero-order valence-electron chi connectivity index (χ0n) is 8.42. The van der Waals surface area contributed by atoms with Crippen molar-refractivity contribution in [2.45, 2.75) is 6.92 Å². The van der Waals surface area contributed by atoms with Crippen LogP contribution in [0.1, 0.15) is 5.56 Å². The normalized spacial score (nSPS) is 10.4. The van der Waals surface area contributed by atoms with Gasteiger partial charge in [-0.3, -0.25) is 0 Å². The third-order valence-electron chi connectivity index (χ3n) is 2.20. The molecule has 0 saturated heterocycles. The van der Waals surface area contributed by atoms with E-state index in [1.165, 1.54) is 6.20 Å². The summed E-state index contributed by atoms with van der Waals surface area (Å²) >= 11 is 11.9. The highest BCUT2D eigenvalue weighted by molar-refractivity contribution is 6.36. The third kappa shape index (κ3) is 2.10. The van der Waals surface area contributed by atoms with E-state index in [9.17, 15) is 4.79 Å². The van der Waals surface area contributed by atoms with Gasteiger partial charge in [0.1, 0.15) is 0 Å². The monoisotopic (exact) mass is 254 g/mol. The van der Waals surface area contributed by atoms with Crippen molar-refractivity contribution in [2.24, 2.45) is 0 Å². The zero-order chi connectivity index (χ0) is 11.7. The highest BCUT2D eigenvalue weighted by Gasteiger charge is 2.08. The van der Waals surface area contributed by atoms with Gasteiger partial charge in [0.2, 0.25) is 0 Å². The van der Waals surface area contributed by atoms with Gasteiger partial charge in [-0.2, -0.15) is 0 Å². The molecule has 1 heterocycles. The lowest BCUT2D eigenvalue weighted by Crippen LogP contribution is -2.11. The largest absolute Gasteiger partial charge is 0.345 e. The molecule has 0 bridgehead atoms. The number of aryl methyl sites for hydroxylation is 1. The Morgan fingerprint density at radius 3 is 2.75 bits per heavy atom. The Balaban J connectivity index is 2.67. The summed E-state index contributed by atoms with van der Waals surface area (Å²) in [6.45, 7) is 1.85. The maximum Gasteiger partial charge on any atom is 0.345 e. The Bertz CT molecular complexity index is 593. The van der Waals surface area contributed by atoms with Crippen molar-refractivity contribution >= 4 is 23.2 Å². The quantitative estimate of drug-likeness (QED) is 0.851. The molecule has 82 valence electrons. The van der Waals surface area contributed by atoms with E-state index < -0.39 is 5.69 Å². The van der Waals surface area contributed by atoms with Crippen LogP contribution in [0, 0.1) is 6.92 Å². The first-order valence-electron chi connectivity index (χ1n) is 4.59. The zero-order valence-corrected chi connectivity index (χ0v) is 9.93. The number of aromatic amines is 1. The van der Waals surface area contributed by atoms with Gasteiger partial charge in [-0.1, -0.05) is 23.2 Å². The van der Waals surface area contributed by atoms with Gasteiger partial charge in [0.25, 0.3) is 0 Å². The number of benzene rings is 1. The van der Waals surface area contributed by atoms with Crippen LogP contribution in [0.4, 0.5) is 0 Å². The molecule has 0 aliphatic carbocycles. The van der Waals surface area contributed by atoms with E-state index in [1.807, 2.05) is 6.92 Å². The fraction of sp³-hybridized carbons (Fsp3) is 0.0909. The molecule has 0 radical (unpaired) electrons. The van der Waals surface area contributed by atoms with Crippen LogP contribution in [0.2, 0.25) is 10.0 Å². The topological polar surface area (TPSA) is 45.8 Å². The lowest BCUT2D eigenvalue weighted by atomic mass is 10.1. The highest BCUT2D eigenvalue weighted by Crippen LogP contribution is 2.29. The molecule has 16 heavy (non-hydrogen) atoms. The van der Waals surface area contributed by atoms with Crippen molar-refractivity contribution in [1.29, 1.82) is 0 Å². The molecule has 0 aliphatic rings. The number of halogens is 2. The number of hydrogen-bond donors (Lipinski definition) is 1. The summed E-state index contributed by atoms with van der Waals surface area (Å²) < 4.78 is 0. The summed E-state index contributed by atoms with van der Waals surface area (Å²) in [7, 11) is 0. The average molecular weight is 255 g/mol. The number of H-pyrrole nitrogens is 1. The maximum atomic E-state index is 11.2. The van der Waals surface area contributed by atoms with Gasteiger partial charge in [0.15, 0.2) is 0 Å². The fourth-order valence-electron chi connectivity index (χ4n) is 1.43. The fourth-order valence-corrected chi connectivity index (χ4v) is 1.93. The average Bonchev–Trinajstić information content (AvgIpc) is 2.22. The second-order valence-electron chi connectivity index (χ2n) is 3.37. The summed E-state index contributed by atoms with van der Waals surface area (Å²) in [6, 6.07) is 5.13. The highest BCUT2D eigenvalue weighted by atomic mass is 35.5. The molecule has 5 heteroatoms. The molecule has 3 nitrogen and oxygen atoms in total. The minimum Gasteiger partial charge on any atom is -0.305 e. The summed E-state index contributed by atoms with van der Waals surface area (Å²) in [5.74, 6) is 0. The lowest BCUT2D eigenvalue weighted by molar-refractivity contribution is 1.06. The van der Waals surface area contributed by atoms with Gasteiger partial charge in [-0.25, -0.2) is 9.78 Å². The predicted molar refractivity (Wildman–Crippen MR) is 65.1 cm³/mol. The Kier molecular flexibility index (Phi) is 2.99. The summed E-state index contributed by atoms with van der Waals surface area (Å²) in [6.07, 6.45) is 1.51. The van der Waals surface area contributed by atoms with E-state index in [0.29, 0.717) is 15.7 Å². The first-order valence-corrected chi connectivity index (χ1v) is 5.35. The van der Waals surface area contributed by atoms with Gasteiger partial charge in [-0.15, -0.1) is 0 Å². The Morgan fingerprint density at radius 2 is 2.06 bits per heavy atom. The smallest absolute Gasteiger partial charge is 0.305 e. The van der Waals surface area contributed by atoms with Crippen molar-refractivity contribution in [3.05, 3.63) is 50.5 Å². The SMILES string of the molecule is Cc1cnc(=O)[nH]c1-c1ccc(Cl)cc1Cl. The molecule has 1 aromatic carbocycles. The van der Waals surface area contributed by atoms with Crippen molar-refractivity contribution < 1.29 is 0 Å². The summed E-state index contributed by atoms with van der Waals surface area (Å²) in [5, 5.41) is 1.06. The Hall–Kier alpha value is -1.32. The van der Waals surface area contributed by atoms with Crippen LogP contribution in [0.25, 0.3) is 11.3 Å². The van der Waals surface area contributed by atoms with Crippen LogP contribution in [0.15, 0.2) is 29.2 Å². The molecule has 0 saturated carbocycles. The van der Waals surface area contributed by atoms with Crippen LogP contribution in [-0.4, -0.2) is 9.97 Å². The van der Waals surface area contributed by atoms with Gasteiger partial charge < -0.3 is 4.98 Å². The van der Waals surface area contributed by atoms with E-state index >= 15 is 0 Å².